The molecule has 0 saturated heterocycles. The number of hydrogen-bond acceptors (Lipinski definition) is 4. The fraction of sp³-hybridized carbons (Fsp3) is 0.111. The highest BCUT2D eigenvalue weighted by Crippen LogP contribution is 2.26. The molecule has 2 rings (SSSR count). The molecule has 5 nitrogen and oxygen atoms in total. The second-order valence-corrected chi connectivity index (χ2v) is 4.30. The summed E-state index contributed by atoms with van der Waals surface area (Å²) in [6.45, 7) is 0. The van der Waals surface area contributed by atoms with Crippen LogP contribution in [0.15, 0.2) is 33.8 Å². The van der Waals surface area contributed by atoms with E-state index in [2.05, 4.69) is 0 Å². The Balaban J connectivity index is 0.00000128. The lowest BCUT2D eigenvalue weighted by molar-refractivity contribution is 0.414. The lowest BCUT2D eigenvalue weighted by atomic mass is 10.2. The average Bonchev–Trinajstić information content (AvgIpc) is 2.59. The van der Waals surface area contributed by atoms with Crippen LogP contribution in [0.1, 0.15) is 0 Å². The summed E-state index contributed by atoms with van der Waals surface area (Å²) >= 11 is 0. The first kappa shape index (κ1) is 12.8. The highest BCUT2D eigenvalue weighted by atomic mass is 35.5. The number of fused-ring (bicyclic) bond motifs is 1. The number of benzene rings is 1. The molecule has 1 aromatic heterocycles. The summed E-state index contributed by atoms with van der Waals surface area (Å²) in [6.07, 6.45) is 0. The third-order valence-electron chi connectivity index (χ3n) is 1.96. The summed E-state index contributed by atoms with van der Waals surface area (Å²) in [4.78, 5) is 0. The molecule has 0 spiro atoms. The lowest BCUT2D eigenvalue weighted by Crippen LogP contribution is -1.94. The van der Waals surface area contributed by atoms with Gasteiger partial charge in [0.15, 0.2) is 0 Å². The summed E-state index contributed by atoms with van der Waals surface area (Å²) in [6, 6.07) is 6.07. The van der Waals surface area contributed by atoms with Gasteiger partial charge in [-0.2, -0.15) is 8.42 Å². The molecule has 2 aromatic rings. The maximum absolute atomic E-state index is 10.8. The van der Waals surface area contributed by atoms with Gasteiger partial charge in [0.05, 0.1) is 7.11 Å². The van der Waals surface area contributed by atoms with Gasteiger partial charge in [-0.25, -0.2) is 0 Å². The molecule has 0 amide bonds. The maximum atomic E-state index is 10.8. The zero-order chi connectivity index (χ0) is 11.1. The fourth-order valence-corrected chi connectivity index (χ4v) is 1.72. The van der Waals surface area contributed by atoms with E-state index in [1.165, 1.54) is 13.2 Å². The van der Waals surface area contributed by atoms with Crippen LogP contribution in [0, 0.1) is 0 Å². The van der Waals surface area contributed by atoms with E-state index in [1.54, 1.807) is 18.2 Å². The summed E-state index contributed by atoms with van der Waals surface area (Å²) in [7, 11) is -2.79. The summed E-state index contributed by atoms with van der Waals surface area (Å²) < 4.78 is 40.2. The predicted octanol–water partition coefficient (Wildman–Crippen LogP) is 2.11. The molecule has 16 heavy (non-hydrogen) atoms. The normalized spacial score (nSPS) is 11.1. The SMILES string of the molecule is COc1ccc2oc(S(=O)(=O)O)cc2c1.Cl. The van der Waals surface area contributed by atoms with Gasteiger partial charge in [0.1, 0.15) is 11.3 Å². The molecule has 0 unspecified atom stereocenters. The minimum Gasteiger partial charge on any atom is -0.497 e. The first-order valence-corrected chi connectivity index (χ1v) is 5.50. The molecule has 1 aromatic carbocycles. The molecule has 1 N–H and O–H groups in total. The van der Waals surface area contributed by atoms with Crippen molar-refractivity contribution in [2.45, 2.75) is 5.09 Å². The monoisotopic (exact) mass is 264 g/mol. The van der Waals surface area contributed by atoms with Crippen LogP contribution in [0.4, 0.5) is 0 Å². The Hall–Kier alpha value is -1.24. The van der Waals surface area contributed by atoms with Crippen LogP contribution >= 0.6 is 12.4 Å². The van der Waals surface area contributed by atoms with Crippen molar-refractivity contribution in [1.82, 2.24) is 0 Å². The zero-order valence-corrected chi connectivity index (χ0v) is 9.84. The van der Waals surface area contributed by atoms with Crippen molar-refractivity contribution in [2.24, 2.45) is 0 Å². The molecule has 0 saturated carbocycles. The van der Waals surface area contributed by atoms with Crippen LogP contribution in [0.2, 0.25) is 0 Å². The van der Waals surface area contributed by atoms with Crippen molar-refractivity contribution < 1.29 is 22.1 Å². The molecular formula is C9H9ClO5S. The fourth-order valence-electron chi connectivity index (χ4n) is 1.25. The molecule has 0 radical (unpaired) electrons. The molecule has 1 heterocycles. The molecule has 0 fully saturated rings. The van der Waals surface area contributed by atoms with Gasteiger partial charge < -0.3 is 9.15 Å². The van der Waals surface area contributed by atoms with Gasteiger partial charge in [-0.3, -0.25) is 4.55 Å². The van der Waals surface area contributed by atoms with Gasteiger partial charge in [-0.05, 0) is 18.2 Å². The third kappa shape index (κ3) is 2.29. The Morgan fingerprint density at radius 1 is 1.31 bits per heavy atom. The van der Waals surface area contributed by atoms with Crippen LogP contribution in [0.5, 0.6) is 5.75 Å². The van der Waals surface area contributed by atoms with Gasteiger partial charge in [-0.15, -0.1) is 12.4 Å². The van der Waals surface area contributed by atoms with Gasteiger partial charge >= 0.3 is 10.1 Å². The number of methoxy groups -OCH3 is 1. The summed E-state index contributed by atoms with van der Waals surface area (Å²) in [5.41, 5.74) is 0.378. The minimum absolute atomic E-state index is 0. The third-order valence-corrected chi connectivity index (χ3v) is 2.66. The molecule has 0 aliphatic heterocycles. The number of hydrogen-bond donors (Lipinski definition) is 1. The first-order chi connectivity index (χ1) is 7.00. The maximum Gasteiger partial charge on any atom is 0.328 e. The van der Waals surface area contributed by atoms with Crippen LogP contribution in [-0.4, -0.2) is 20.1 Å². The van der Waals surface area contributed by atoms with E-state index < -0.39 is 15.2 Å². The Labute approximate surface area is 98.2 Å². The minimum atomic E-state index is -4.29. The van der Waals surface area contributed by atoms with E-state index >= 15 is 0 Å². The van der Waals surface area contributed by atoms with E-state index in [9.17, 15) is 8.42 Å². The highest BCUT2D eigenvalue weighted by molar-refractivity contribution is 7.85. The number of furan rings is 1. The van der Waals surface area contributed by atoms with Crippen molar-refractivity contribution in [2.75, 3.05) is 7.11 Å². The van der Waals surface area contributed by atoms with E-state index in [-0.39, 0.29) is 12.4 Å². The van der Waals surface area contributed by atoms with Crippen LogP contribution < -0.4 is 4.74 Å². The molecule has 0 aliphatic rings. The van der Waals surface area contributed by atoms with Crippen molar-refractivity contribution in [3.05, 3.63) is 24.3 Å². The van der Waals surface area contributed by atoms with Gasteiger partial charge in [0.2, 0.25) is 5.09 Å². The zero-order valence-electron chi connectivity index (χ0n) is 8.21. The van der Waals surface area contributed by atoms with E-state index in [0.717, 1.165) is 0 Å². The van der Waals surface area contributed by atoms with Crippen molar-refractivity contribution in [1.29, 1.82) is 0 Å². The Kier molecular flexibility index (Phi) is 3.47. The smallest absolute Gasteiger partial charge is 0.328 e. The van der Waals surface area contributed by atoms with Crippen molar-refractivity contribution in [3.8, 4) is 5.75 Å². The Bertz CT molecular complexity index is 601. The standard InChI is InChI=1S/C9H8O5S.ClH/c1-13-7-2-3-8-6(4-7)5-9(14-8)15(10,11)12;/h2-5H,1H3,(H,10,11,12);1H. The largest absolute Gasteiger partial charge is 0.497 e. The summed E-state index contributed by atoms with van der Waals surface area (Å²) in [5, 5.41) is 0.0905. The quantitative estimate of drug-likeness (QED) is 0.841. The molecule has 0 atom stereocenters. The second kappa shape index (κ2) is 4.32. The molecular weight excluding hydrogens is 256 g/mol. The Morgan fingerprint density at radius 3 is 2.56 bits per heavy atom. The van der Waals surface area contributed by atoms with E-state index in [1.807, 2.05) is 0 Å². The first-order valence-electron chi connectivity index (χ1n) is 4.06. The second-order valence-electron chi connectivity index (χ2n) is 2.94. The molecule has 0 bridgehead atoms. The van der Waals surface area contributed by atoms with Crippen LogP contribution in [-0.2, 0) is 10.1 Å². The topological polar surface area (TPSA) is 76.7 Å². The van der Waals surface area contributed by atoms with E-state index in [4.69, 9.17) is 13.7 Å². The van der Waals surface area contributed by atoms with Crippen LogP contribution in [0.3, 0.4) is 0 Å². The highest BCUT2D eigenvalue weighted by Gasteiger charge is 2.15. The van der Waals surface area contributed by atoms with Crippen LogP contribution in [0.25, 0.3) is 11.0 Å². The van der Waals surface area contributed by atoms with Gasteiger partial charge in [-0.1, -0.05) is 0 Å². The lowest BCUT2D eigenvalue weighted by Gasteiger charge is -1.96. The summed E-state index contributed by atoms with van der Waals surface area (Å²) in [5.74, 6) is 0.588. The number of halogens is 1. The van der Waals surface area contributed by atoms with Gasteiger partial charge in [0.25, 0.3) is 0 Å². The number of ether oxygens (including phenoxy) is 1. The van der Waals surface area contributed by atoms with Crippen molar-refractivity contribution >= 4 is 33.5 Å². The van der Waals surface area contributed by atoms with Gasteiger partial charge in [0, 0.05) is 11.5 Å². The molecule has 0 aliphatic carbocycles. The number of rotatable bonds is 2. The van der Waals surface area contributed by atoms with E-state index in [0.29, 0.717) is 16.7 Å². The average molecular weight is 265 g/mol. The molecule has 88 valence electrons. The predicted molar refractivity (Wildman–Crippen MR) is 59.8 cm³/mol. The Morgan fingerprint density at radius 2 is 2.00 bits per heavy atom. The molecule has 7 heteroatoms. The van der Waals surface area contributed by atoms with Crippen molar-refractivity contribution in [3.63, 3.8) is 0 Å².